The van der Waals surface area contributed by atoms with E-state index in [2.05, 4.69) is 35.6 Å². The van der Waals surface area contributed by atoms with Crippen molar-refractivity contribution < 1.29 is 4.63 Å². The van der Waals surface area contributed by atoms with Crippen LogP contribution in [0.2, 0.25) is 0 Å². The van der Waals surface area contributed by atoms with Gasteiger partial charge in [0.1, 0.15) is 0 Å². The Morgan fingerprint density at radius 3 is 2.61 bits per heavy atom. The minimum atomic E-state index is 0.410. The van der Waals surface area contributed by atoms with Crippen LogP contribution in [-0.2, 0) is 13.6 Å². The largest absolute Gasteiger partial charge is 0.361 e. The Morgan fingerprint density at radius 1 is 1.17 bits per heavy atom. The highest BCUT2D eigenvalue weighted by Gasteiger charge is 2.21. The quantitative estimate of drug-likeness (QED) is 0.768. The van der Waals surface area contributed by atoms with E-state index in [9.17, 15) is 0 Å². The lowest BCUT2D eigenvalue weighted by molar-refractivity contribution is 0.314. The summed E-state index contributed by atoms with van der Waals surface area (Å²) in [6, 6.07) is 2.05. The Morgan fingerprint density at radius 2 is 1.91 bits per heavy atom. The second kappa shape index (κ2) is 5.49. The molecule has 0 radical (unpaired) electrons. The van der Waals surface area contributed by atoms with Crippen molar-refractivity contribution in [3.05, 3.63) is 17.5 Å². The summed E-state index contributed by atoms with van der Waals surface area (Å²) in [7, 11) is 1.93. The maximum atomic E-state index is 4.73. The fourth-order valence-electron chi connectivity index (χ4n) is 2.79. The van der Waals surface area contributed by atoms with Crippen LogP contribution in [0.15, 0.2) is 10.7 Å². The van der Waals surface area contributed by atoms with Gasteiger partial charge in [-0.3, -0.25) is 4.68 Å². The summed E-state index contributed by atoms with van der Waals surface area (Å²) in [6.45, 7) is 4.55. The second-order valence-electron chi connectivity index (χ2n) is 5.76. The van der Waals surface area contributed by atoms with Crippen molar-refractivity contribution in [1.82, 2.24) is 30.1 Å². The van der Waals surface area contributed by atoms with Crippen LogP contribution < -0.4 is 10.2 Å². The number of fused-ring (bicyclic) bond motifs is 1. The highest BCUT2D eigenvalue weighted by Crippen LogP contribution is 2.27. The molecule has 0 bridgehead atoms. The number of aromatic nitrogens is 6. The van der Waals surface area contributed by atoms with E-state index in [0.717, 1.165) is 43.1 Å². The van der Waals surface area contributed by atoms with Crippen LogP contribution in [0.1, 0.15) is 24.2 Å². The molecule has 9 heteroatoms. The molecular formula is C14H18N8O. The third-order valence-electron chi connectivity index (χ3n) is 4.10. The Balaban J connectivity index is 1.64. The van der Waals surface area contributed by atoms with Crippen LogP contribution >= 0.6 is 0 Å². The summed E-state index contributed by atoms with van der Waals surface area (Å²) in [5, 5.41) is 15.4. The molecule has 3 aromatic rings. The van der Waals surface area contributed by atoms with E-state index in [0.29, 0.717) is 23.7 Å². The molecule has 23 heavy (non-hydrogen) atoms. The molecule has 1 N–H and O–H groups in total. The molecule has 0 aromatic carbocycles. The Labute approximate surface area is 132 Å². The fraction of sp³-hybridized carbons (Fsp3) is 0.500. The van der Waals surface area contributed by atoms with Gasteiger partial charge in [0.15, 0.2) is 11.6 Å². The molecule has 120 valence electrons. The van der Waals surface area contributed by atoms with Crippen molar-refractivity contribution in [2.75, 3.05) is 23.3 Å². The highest BCUT2D eigenvalue weighted by molar-refractivity contribution is 5.74. The minimum absolute atomic E-state index is 0.410. The average Bonchev–Trinajstić information content (AvgIpc) is 3.26. The number of hydrogen-bond acceptors (Lipinski definition) is 8. The lowest BCUT2D eigenvalue weighted by Gasteiger charge is -2.19. The Kier molecular flexibility index (Phi) is 3.32. The van der Waals surface area contributed by atoms with Gasteiger partial charge in [0.05, 0.1) is 12.2 Å². The molecule has 1 aliphatic heterocycles. The van der Waals surface area contributed by atoms with E-state index >= 15 is 0 Å². The Hall–Kier alpha value is -2.71. The fourth-order valence-corrected chi connectivity index (χ4v) is 2.79. The second-order valence-corrected chi connectivity index (χ2v) is 5.76. The van der Waals surface area contributed by atoms with E-state index in [1.807, 2.05) is 24.7 Å². The van der Waals surface area contributed by atoms with Crippen LogP contribution in [0.5, 0.6) is 0 Å². The van der Waals surface area contributed by atoms with Gasteiger partial charge in [-0.25, -0.2) is 14.6 Å². The summed E-state index contributed by atoms with van der Waals surface area (Å²) in [6.07, 6.45) is 2.32. The molecule has 4 heterocycles. The molecule has 0 amide bonds. The number of nitrogens with one attached hydrogen (secondary N) is 1. The summed E-state index contributed by atoms with van der Waals surface area (Å²) >= 11 is 0. The maximum absolute atomic E-state index is 4.73. The van der Waals surface area contributed by atoms with E-state index in [1.54, 1.807) is 0 Å². The molecule has 1 aliphatic rings. The van der Waals surface area contributed by atoms with Gasteiger partial charge in [-0.05, 0) is 36.1 Å². The number of aryl methyl sites for hydroxylation is 2. The average molecular weight is 314 g/mol. The molecule has 1 fully saturated rings. The zero-order valence-corrected chi connectivity index (χ0v) is 13.2. The van der Waals surface area contributed by atoms with Gasteiger partial charge in [-0.15, -0.1) is 0 Å². The summed E-state index contributed by atoms with van der Waals surface area (Å²) in [5.41, 5.74) is 2.92. The van der Waals surface area contributed by atoms with Crippen LogP contribution in [-0.4, -0.2) is 43.2 Å². The molecule has 0 spiro atoms. The number of hydrogen-bond donors (Lipinski definition) is 1. The van der Waals surface area contributed by atoms with Gasteiger partial charge in [0, 0.05) is 25.8 Å². The Bertz CT molecular complexity index is 813. The molecule has 4 rings (SSSR count). The first kappa shape index (κ1) is 13.9. The van der Waals surface area contributed by atoms with Crippen LogP contribution in [0.4, 0.5) is 11.6 Å². The standard InChI is InChI=1S/C14H18N8O/c1-9-7-10(18-21(9)2)8-15-13-14(22-5-3-4-6-22)17-12-11(16-13)19-23-20-12/h7H,3-6,8H2,1-2H3,(H,15,16,19). The first-order valence-corrected chi connectivity index (χ1v) is 7.69. The number of anilines is 2. The predicted molar refractivity (Wildman–Crippen MR) is 84.1 cm³/mol. The molecule has 0 saturated carbocycles. The molecule has 9 nitrogen and oxygen atoms in total. The van der Waals surface area contributed by atoms with Crippen molar-refractivity contribution in [1.29, 1.82) is 0 Å². The monoisotopic (exact) mass is 314 g/mol. The third-order valence-corrected chi connectivity index (χ3v) is 4.10. The first-order chi connectivity index (χ1) is 11.2. The van der Waals surface area contributed by atoms with E-state index in [1.165, 1.54) is 0 Å². The lowest BCUT2D eigenvalue weighted by Crippen LogP contribution is -2.21. The van der Waals surface area contributed by atoms with Crippen LogP contribution in [0.3, 0.4) is 0 Å². The van der Waals surface area contributed by atoms with Crippen molar-refractivity contribution in [3.63, 3.8) is 0 Å². The maximum Gasteiger partial charge on any atom is 0.245 e. The lowest BCUT2D eigenvalue weighted by atomic mass is 10.3. The van der Waals surface area contributed by atoms with Crippen LogP contribution in [0.25, 0.3) is 11.3 Å². The van der Waals surface area contributed by atoms with Crippen molar-refractivity contribution in [2.24, 2.45) is 7.05 Å². The van der Waals surface area contributed by atoms with Crippen molar-refractivity contribution in [2.45, 2.75) is 26.3 Å². The molecule has 3 aromatic heterocycles. The molecule has 0 atom stereocenters. The van der Waals surface area contributed by atoms with E-state index < -0.39 is 0 Å². The summed E-state index contributed by atoms with van der Waals surface area (Å²) in [5.74, 6) is 1.50. The zero-order valence-electron chi connectivity index (χ0n) is 13.2. The van der Waals surface area contributed by atoms with Gasteiger partial charge in [0.2, 0.25) is 11.3 Å². The van der Waals surface area contributed by atoms with Gasteiger partial charge in [0.25, 0.3) is 0 Å². The van der Waals surface area contributed by atoms with Gasteiger partial charge in [-0.2, -0.15) is 5.10 Å². The summed E-state index contributed by atoms with van der Waals surface area (Å²) in [4.78, 5) is 11.3. The number of rotatable bonds is 4. The smallest absolute Gasteiger partial charge is 0.245 e. The highest BCUT2D eigenvalue weighted by atomic mass is 16.6. The normalized spacial score (nSPS) is 14.8. The number of nitrogens with zero attached hydrogens (tertiary/aromatic N) is 7. The summed E-state index contributed by atoms with van der Waals surface area (Å²) < 4.78 is 6.59. The minimum Gasteiger partial charge on any atom is -0.361 e. The first-order valence-electron chi connectivity index (χ1n) is 7.69. The molecular weight excluding hydrogens is 296 g/mol. The SMILES string of the molecule is Cc1cc(CNc2nc3nonc3nc2N2CCCC2)nn1C. The van der Waals surface area contributed by atoms with Gasteiger partial charge < -0.3 is 10.2 Å². The van der Waals surface area contributed by atoms with E-state index in [4.69, 9.17) is 4.63 Å². The molecule has 0 aliphatic carbocycles. The van der Waals surface area contributed by atoms with Gasteiger partial charge in [-0.1, -0.05) is 0 Å². The molecule has 1 saturated heterocycles. The van der Waals surface area contributed by atoms with Crippen molar-refractivity contribution in [3.8, 4) is 0 Å². The third kappa shape index (κ3) is 2.58. The predicted octanol–water partition coefficient (Wildman–Crippen LogP) is 1.27. The van der Waals surface area contributed by atoms with Crippen molar-refractivity contribution >= 4 is 22.9 Å². The topological polar surface area (TPSA) is 97.8 Å². The van der Waals surface area contributed by atoms with E-state index in [-0.39, 0.29) is 0 Å². The van der Waals surface area contributed by atoms with Gasteiger partial charge >= 0.3 is 0 Å². The van der Waals surface area contributed by atoms with Crippen LogP contribution in [0, 0.1) is 6.92 Å². The molecule has 0 unspecified atom stereocenters. The zero-order chi connectivity index (χ0) is 15.8.